The standard InChI is InChI=1S/C19H45NSi8/c1-20(27-14-21(2)8-22(3,15-27)10-23(4,9-21)16-27)28-17-24(5)11-25(6,18-28)13-26(7,12-24)19-28/h8-19H2,1-7H3. The minimum Gasteiger partial charge on any atom is -0.349 e. The summed E-state index contributed by atoms with van der Waals surface area (Å²) in [6, 6.07) is 0. The molecule has 0 amide bonds. The molecule has 8 fully saturated rings. The molecule has 0 spiro atoms. The van der Waals surface area contributed by atoms with E-state index in [9.17, 15) is 0 Å². The smallest absolute Gasteiger partial charge is 0.113 e. The van der Waals surface area contributed by atoms with Crippen LogP contribution >= 0.6 is 0 Å². The summed E-state index contributed by atoms with van der Waals surface area (Å²) in [5, 5.41) is 0. The normalized spacial score (nSPS) is 66.9. The molecule has 0 aromatic rings. The Labute approximate surface area is 182 Å². The number of rotatable bonds is 2. The van der Waals surface area contributed by atoms with Crippen molar-refractivity contribution in [3.63, 3.8) is 0 Å². The van der Waals surface area contributed by atoms with Crippen molar-refractivity contribution in [3.05, 3.63) is 0 Å². The third kappa shape index (κ3) is 2.69. The van der Waals surface area contributed by atoms with E-state index in [1.807, 2.05) is 68.0 Å². The molecular weight excluding hydrogens is 467 g/mol. The topological polar surface area (TPSA) is 3.24 Å². The number of nitrogens with zero attached hydrogens (tertiary/aromatic N) is 1. The summed E-state index contributed by atoms with van der Waals surface area (Å²) >= 11 is 0. The molecule has 8 rings (SSSR count). The van der Waals surface area contributed by atoms with E-state index in [1.54, 1.807) is 0 Å². The quantitative estimate of drug-likeness (QED) is 0.421. The minimum atomic E-state index is -1.10. The molecule has 8 heterocycles. The molecule has 0 aromatic carbocycles. The highest BCUT2D eigenvalue weighted by molar-refractivity contribution is 7.33. The van der Waals surface area contributed by atoms with E-state index < -0.39 is 64.9 Å². The van der Waals surface area contributed by atoms with Gasteiger partial charge < -0.3 is 4.23 Å². The van der Waals surface area contributed by atoms with E-state index in [-0.39, 0.29) is 0 Å². The van der Waals surface area contributed by atoms with Crippen LogP contribution in [-0.2, 0) is 0 Å². The fourth-order valence-electron chi connectivity index (χ4n) is 13.7. The maximum Gasteiger partial charge on any atom is 0.113 e. The van der Waals surface area contributed by atoms with E-state index in [4.69, 9.17) is 0 Å². The molecule has 0 saturated carbocycles. The van der Waals surface area contributed by atoms with Gasteiger partial charge in [0.1, 0.15) is 16.5 Å². The Morgan fingerprint density at radius 1 is 0.357 bits per heavy atom. The molecule has 8 aliphatic heterocycles. The third-order valence-electron chi connectivity index (χ3n) is 11.1. The first kappa shape index (κ1) is 20.3. The molecule has 9 heteroatoms. The van der Waals surface area contributed by atoms with Gasteiger partial charge in [-0.3, -0.25) is 0 Å². The second-order valence-electron chi connectivity index (χ2n) is 16.0. The zero-order valence-electron chi connectivity index (χ0n) is 19.9. The summed E-state index contributed by atoms with van der Waals surface area (Å²) in [5.74, 6) is 0. The molecular formula is C19H45NSi8. The minimum absolute atomic E-state index is 0.850. The molecule has 0 radical (unpaired) electrons. The first-order chi connectivity index (χ1) is 12.6. The molecule has 0 aromatic heterocycles. The second-order valence-corrected chi connectivity index (χ2v) is 61.4. The van der Waals surface area contributed by atoms with Gasteiger partial charge in [0.15, 0.2) is 0 Å². The molecule has 158 valence electrons. The van der Waals surface area contributed by atoms with Crippen LogP contribution in [0.15, 0.2) is 0 Å². The van der Waals surface area contributed by atoms with Crippen molar-refractivity contribution >= 4 is 64.9 Å². The molecule has 0 N–H and O–H groups in total. The predicted octanol–water partition coefficient (Wildman–Crippen LogP) is 5.83. The van der Waals surface area contributed by atoms with Gasteiger partial charge in [0.05, 0.1) is 0 Å². The molecule has 8 aliphatic rings. The van der Waals surface area contributed by atoms with Crippen LogP contribution in [0.25, 0.3) is 0 Å². The molecule has 0 aliphatic carbocycles. The van der Waals surface area contributed by atoms with Crippen LogP contribution in [-0.4, -0.2) is 76.2 Å². The van der Waals surface area contributed by atoms with Gasteiger partial charge in [0.2, 0.25) is 0 Å². The maximum atomic E-state index is 3.60. The Bertz CT molecular complexity index is 602. The maximum absolute atomic E-state index is 3.60. The van der Waals surface area contributed by atoms with E-state index in [1.165, 1.54) is 0 Å². The first-order valence-corrected chi connectivity index (χ1v) is 36.2. The first-order valence-electron chi connectivity index (χ1n) is 12.4. The highest BCUT2D eigenvalue weighted by Gasteiger charge is 2.73. The van der Waals surface area contributed by atoms with E-state index in [2.05, 4.69) is 50.6 Å². The summed E-state index contributed by atoms with van der Waals surface area (Å²) in [6.45, 7) is 17.7. The molecule has 0 unspecified atom stereocenters. The molecule has 1 nitrogen and oxygen atoms in total. The Morgan fingerprint density at radius 2 is 0.536 bits per heavy atom. The van der Waals surface area contributed by atoms with E-state index in [0.29, 0.717) is 0 Å². The zero-order valence-corrected chi connectivity index (χ0v) is 27.9. The SMILES string of the molecule is CN([Si]12C[Si]3(C)C[Si](C)(C[Si](C)(C3)C1)C2)[Si]12C[Si]3(C)C[Si](C)(C[Si](C)(C3)C1)C2. The van der Waals surface area contributed by atoms with Gasteiger partial charge in [0, 0.05) is 48.4 Å². The van der Waals surface area contributed by atoms with Crippen LogP contribution in [0.2, 0.25) is 107 Å². The van der Waals surface area contributed by atoms with Gasteiger partial charge in [-0.2, -0.15) is 0 Å². The summed E-state index contributed by atoms with van der Waals surface area (Å²) in [6.07, 6.45) is 0. The van der Waals surface area contributed by atoms with Crippen molar-refractivity contribution in [3.8, 4) is 0 Å². The Kier molecular flexibility index (Phi) is 3.81. The van der Waals surface area contributed by atoms with Gasteiger partial charge in [0.25, 0.3) is 0 Å². The van der Waals surface area contributed by atoms with Gasteiger partial charge in [-0.15, -0.1) is 0 Å². The van der Waals surface area contributed by atoms with Gasteiger partial charge in [-0.1, -0.05) is 73.3 Å². The average Bonchev–Trinajstić information content (AvgIpc) is 2.35. The summed E-state index contributed by atoms with van der Waals surface area (Å²) in [4.78, 5) is 0. The predicted molar refractivity (Wildman–Crippen MR) is 147 cm³/mol. The fourth-order valence-corrected chi connectivity index (χ4v) is 154. The Morgan fingerprint density at radius 3 is 0.714 bits per heavy atom. The Balaban J connectivity index is 1.44. The molecule has 8 bridgehead atoms. The molecule has 28 heavy (non-hydrogen) atoms. The zero-order chi connectivity index (χ0) is 20.1. The molecule has 0 atom stereocenters. The monoisotopic (exact) mass is 511 g/mol. The fraction of sp³-hybridized carbons (Fsp3) is 1.00. The summed E-state index contributed by atoms with van der Waals surface area (Å²) in [7, 11) is -4.44. The second kappa shape index (κ2) is 5.26. The van der Waals surface area contributed by atoms with Crippen LogP contribution in [0.3, 0.4) is 0 Å². The van der Waals surface area contributed by atoms with Gasteiger partial charge in [-0.05, 0) is 41.1 Å². The van der Waals surface area contributed by atoms with Crippen LogP contribution in [0.1, 0.15) is 0 Å². The molecule has 8 saturated heterocycles. The Hall–Kier alpha value is 1.70. The van der Waals surface area contributed by atoms with E-state index >= 15 is 0 Å². The van der Waals surface area contributed by atoms with Gasteiger partial charge >= 0.3 is 0 Å². The average molecular weight is 512 g/mol. The van der Waals surface area contributed by atoms with Crippen LogP contribution in [0.5, 0.6) is 0 Å². The van der Waals surface area contributed by atoms with Crippen molar-refractivity contribution in [2.45, 2.75) is 107 Å². The van der Waals surface area contributed by atoms with Crippen LogP contribution in [0.4, 0.5) is 0 Å². The summed E-state index contributed by atoms with van der Waals surface area (Å²) in [5.41, 5.74) is 22.7. The van der Waals surface area contributed by atoms with Crippen molar-refractivity contribution in [2.24, 2.45) is 0 Å². The number of hydrogen-bond donors (Lipinski definition) is 0. The highest BCUT2D eigenvalue weighted by Crippen LogP contribution is 2.65. The van der Waals surface area contributed by atoms with Gasteiger partial charge in [-0.25, -0.2) is 0 Å². The largest absolute Gasteiger partial charge is 0.349 e. The van der Waals surface area contributed by atoms with Crippen molar-refractivity contribution < 1.29 is 0 Å². The lowest BCUT2D eigenvalue weighted by Gasteiger charge is -2.74. The summed E-state index contributed by atoms with van der Waals surface area (Å²) < 4.78 is 3.60. The highest BCUT2D eigenvalue weighted by atomic mass is 28.5. The van der Waals surface area contributed by atoms with Crippen molar-refractivity contribution in [1.29, 1.82) is 0 Å². The van der Waals surface area contributed by atoms with E-state index in [0.717, 1.165) is 0 Å². The van der Waals surface area contributed by atoms with Crippen LogP contribution < -0.4 is 0 Å². The number of hydrogen-bond acceptors (Lipinski definition) is 1. The lowest BCUT2D eigenvalue weighted by Crippen LogP contribution is -2.86. The lowest BCUT2D eigenvalue weighted by atomic mass is 11.5. The third-order valence-corrected chi connectivity index (χ3v) is 94.0. The van der Waals surface area contributed by atoms with Crippen molar-refractivity contribution in [1.82, 2.24) is 4.23 Å². The van der Waals surface area contributed by atoms with Crippen LogP contribution in [0, 0.1) is 0 Å². The van der Waals surface area contributed by atoms with Crippen molar-refractivity contribution in [2.75, 3.05) is 7.05 Å². The lowest BCUT2D eigenvalue weighted by molar-refractivity contribution is 0.715.